The van der Waals surface area contributed by atoms with E-state index in [0.717, 1.165) is 12.0 Å². The molecule has 0 unspecified atom stereocenters. The Kier molecular flexibility index (Phi) is 5.10. The standard InChI is InChI=1S/C20H19F2N7O3/c21-19(22)29-8-14(25-11-29)17-13(7-23)16-15(1-2-24-18(16)26-17)27-3-5-28(6-4-27)20(30)32-12-9-31-10-12/h1-2,8,11-12,19H,3-6,9-10H2,(H,24,26). The largest absolute Gasteiger partial charge is 0.441 e. The summed E-state index contributed by atoms with van der Waals surface area (Å²) >= 11 is 0. The fourth-order valence-corrected chi connectivity index (χ4v) is 3.87. The van der Waals surface area contributed by atoms with Crippen LogP contribution in [-0.2, 0) is 9.47 Å². The number of aromatic amines is 1. The van der Waals surface area contributed by atoms with Gasteiger partial charge in [0.1, 0.15) is 17.4 Å². The van der Waals surface area contributed by atoms with Gasteiger partial charge in [-0.3, -0.25) is 4.57 Å². The molecule has 5 rings (SSSR count). The molecule has 2 fully saturated rings. The van der Waals surface area contributed by atoms with E-state index >= 15 is 0 Å². The average Bonchev–Trinajstić information content (AvgIpc) is 3.40. The quantitative estimate of drug-likeness (QED) is 0.659. The molecule has 0 spiro atoms. The number of piperazine rings is 1. The van der Waals surface area contributed by atoms with Crippen molar-refractivity contribution in [3.63, 3.8) is 0 Å². The summed E-state index contributed by atoms with van der Waals surface area (Å²) in [5.41, 5.74) is 2.11. The highest BCUT2D eigenvalue weighted by Crippen LogP contribution is 2.35. The van der Waals surface area contributed by atoms with Crippen LogP contribution in [-0.4, -0.2) is 76.0 Å². The minimum Gasteiger partial charge on any atom is -0.441 e. The Hall–Kier alpha value is -3.72. The van der Waals surface area contributed by atoms with E-state index in [2.05, 4.69) is 25.9 Å². The summed E-state index contributed by atoms with van der Waals surface area (Å²) in [7, 11) is 0. The number of pyridine rings is 1. The van der Waals surface area contributed by atoms with E-state index in [1.54, 1.807) is 17.2 Å². The Labute approximate surface area is 181 Å². The molecule has 5 heterocycles. The Morgan fingerprint density at radius 2 is 2.06 bits per heavy atom. The van der Waals surface area contributed by atoms with Crippen molar-refractivity contribution in [2.75, 3.05) is 44.3 Å². The van der Waals surface area contributed by atoms with E-state index in [4.69, 9.17) is 9.47 Å². The number of nitrogens with zero attached hydrogens (tertiary/aromatic N) is 6. The van der Waals surface area contributed by atoms with Crippen LogP contribution in [0.2, 0.25) is 0 Å². The third-order valence-corrected chi connectivity index (χ3v) is 5.62. The van der Waals surface area contributed by atoms with Gasteiger partial charge in [-0.25, -0.2) is 14.8 Å². The van der Waals surface area contributed by atoms with Gasteiger partial charge in [-0.05, 0) is 6.07 Å². The number of anilines is 1. The van der Waals surface area contributed by atoms with Gasteiger partial charge in [-0.2, -0.15) is 14.0 Å². The highest BCUT2D eigenvalue weighted by Gasteiger charge is 2.29. The molecule has 3 aromatic rings. The van der Waals surface area contributed by atoms with Gasteiger partial charge in [0.15, 0.2) is 6.10 Å². The van der Waals surface area contributed by atoms with E-state index in [9.17, 15) is 18.8 Å². The van der Waals surface area contributed by atoms with Gasteiger partial charge in [0.2, 0.25) is 0 Å². The number of ether oxygens (including phenoxy) is 2. The SMILES string of the molecule is N#Cc1c(-c2cn(C(F)F)cn2)[nH]c2nccc(N3CCN(C(=O)OC4COC4)CC3)c12. The Morgan fingerprint density at radius 1 is 1.28 bits per heavy atom. The molecule has 2 aliphatic rings. The third kappa shape index (κ3) is 3.50. The summed E-state index contributed by atoms with van der Waals surface area (Å²) in [5.74, 6) is 0. The summed E-state index contributed by atoms with van der Waals surface area (Å²) in [4.78, 5) is 27.4. The summed E-state index contributed by atoms with van der Waals surface area (Å²) < 4.78 is 37.0. The first-order chi connectivity index (χ1) is 15.5. The fraction of sp³-hybridized carbons (Fsp3) is 0.400. The predicted molar refractivity (Wildman–Crippen MR) is 108 cm³/mol. The first kappa shape index (κ1) is 20.2. The Morgan fingerprint density at radius 3 is 2.69 bits per heavy atom. The zero-order chi connectivity index (χ0) is 22.2. The number of aromatic nitrogens is 4. The molecule has 1 N–H and O–H groups in total. The van der Waals surface area contributed by atoms with Crippen molar-refractivity contribution >= 4 is 22.8 Å². The first-order valence-electron chi connectivity index (χ1n) is 10.1. The Balaban J connectivity index is 1.40. The van der Waals surface area contributed by atoms with Gasteiger partial charge in [0, 0.05) is 38.6 Å². The number of H-pyrrole nitrogens is 1. The molecule has 0 saturated carbocycles. The smallest absolute Gasteiger partial charge is 0.410 e. The Bertz CT molecular complexity index is 1190. The highest BCUT2D eigenvalue weighted by molar-refractivity contribution is 5.99. The van der Waals surface area contributed by atoms with E-state index in [-0.39, 0.29) is 23.5 Å². The lowest BCUT2D eigenvalue weighted by Crippen LogP contribution is -2.51. The number of hydrogen-bond acceptors (Lipinski definition) is 7. The number of alkyl halides is 2. The predicted octanol–water partition coefficient (Wildman–Crippen LogP) is 2.35. The van der Waals surface area contributed by atoms with Crippen molar-refractivity contribution in [2.24, 2.45) is 0 Å². The monoisotopic (exact) mass is 443 g/mol. The second kappa shape index (κ2) is 8.08. The second-order valence-corrected chi connectivity index (χ2v) is 7.54. The maximum absolute atomic E-state index is 13.0. The summed E-state index contributed by atoms with van der Waals surface area (Å²) in [6, 6.07) is 3.97. The lowest BCUT2D eigenvalue weighted by atomic mass is 10.1. The van der Waals surface area contributed by atoms with Crippen LogP contribution in [0.1, 0.15) is 12.1 Å². The van der Waals surface area contributed by atoms with Crippen molar-refractivity contribution in [3.8, 4) is 17.5 Å². The molecule has 0 aliphatic carbocycles. The van der Waals surface area contributed by atoms with Crippen LogP contribution in [0.3, 0.4) is 0 Å². The van der Waals surface area contributed by atoms with Crippen molar-refractivity contribution in [1.29, 1.82) is 5.26 Å². The lowest BCUT2D eigenvalue weighted by Gasteiger charge is -2.37. The van der Waals surface area contributed by atoms with Gasteiger partial charge in [0.05, 0.1) is 41.9 Å². The number of nitriles is 1. The van der Waals surface area contributed by atoms with Crippen LogP contribution in [0, 0.1) is 11.3 Å². The van der Waals surface area contributed by atoms with E-state index in [1.807, 2.05) is 0 Å². The average molecular weight is 443 g/mol. The van der Waals surface area contributed by atoms with Crippen molar-refractivity contribution in [2.45, 2.75) is 12.7 Å². The molecule has 0 aromatic carbocycles. The van der Waals surface area contributed by atoms with Gasteiger partial charge >= 0.3 is 12.6 Å². The molecule has 0 radical (unpaired) electrons. The molecule has 10 nitrogen and oxygen atoms in total. The molecule has 1 amide bonds. The minimum absolute atomic E-state index is 0.176. The van der Waals surface area contributed by atoms with Gasteiger partial charge in [-0.1, -0.05) is 0 Å². The normalized spacial score (nSPS) is 16.9. The maximum Gasteiger partial charge on any atom is 0.410 e. The summed E-state index contributed by atoms with van der Waals surface area (Å²) in [6.45, 7) is 0.162. The van der Waals surface area contributed by atoms with Crippen LogP contribution in [0.4, 0.5) is 19.3 Å². The third-order valence-electron chi connectivity index (χ3n) is 5.62. The number of amides is 1. The maximum atomic E-state index is 13.0. The lowest BCUT2D eigenvalue weighted by molar-refractivity contribution is -0.104. The second-order valence-electron chi connectivity index (χ2n) is 7.54. The number of hydrogen-bond donors (Lipinski definition) is 1. The van der Waals surface area contributed by atoms with Crippen LogP contribution < -0.4 is 4.90 Å². The number of nitrogens with one attached hydrogen (secondary N) is 1. The topological polar surface area (TPSA) is 112 Å². The van der Waals surface area contributed by atoms with E-state index < -0.39 is 6.55 Å². The van der Waals surface area contributed by atoms with Crippen LogP contribution in [0.5, 0.6) is 0 Å². The summed E-state index contributed by atoms with van der Waals surface area (Å²) in [6.07, 6.45) is 3.30. The van der Waals surface area contributed by atoms with Crippen molar-refractivity contribution in [1.82, 2.24) is 24.4 Å². The number of imidazole rings is 1. The minimum atomic E-state index is -2.72. The first-order valence-corrected chi connectivity index (χ1v) is 10.1. The highest BCUT2D eigenvalue weighted by atomic mass is 19.3. The number of halogens is 2. The van der Waals surface area contributed by atoms with E-state index in [1.165, 1.54) is 6.20 Å². The number of fused-ring (bicyclic) bond motifs is 1. The molecule has 12 heteroatoms. The van der Waals surface area contributed by atoms with Crippen molar-refractivity contribution < 1.29 is 23.0 Å². The molecule has 166 valence electrons. The van der Waals surface area contributed by atoms with Crippen LogP contribution in [0.15, 0.2) is 24.8 Å². The van der Waals surface area contributed by atoms with Gasteiger partial charge < -0.3 is 24.3 Å². The number of carbonyl (C=O) groups excluding carboxylic acids is 1. The van der Waals surface area contributed by atoms with Gasteiger partial charge in [0.25, 0.3) is 0 Å². The molecule has 2 saturated heterocycles. The molecule has 0 atom stereocenters. The molecular formula is C20H19F2N7O3. The van der Waals surface area contributed by atoms with Crippen molar-refractivity contribution in [3.05, 3.63) is 30.4 Å². The van der Waals surface area contributed by atoms with Gasteiger partial charge in [-0.15, -0.1) is 0 Å². The number of carbonyl (C=O) groups is 1. The molecule has 2 aliphatic heterocycles. The zero-order valence-electron chi connectivity index (χ0n) is 16.9. The molecule has 32 heavy (non-hydrogen) atoms. The van der Waals surface area contributed by atoms with E-state index in [0.29, 0.717) is 60.7 Å². The van der Waals surface area contributed by atoms with Crippen LogP contribution >= 0.6 is 0 Å². The molecular weight excluding hydrogens is 424 g/mol. The molecule has 0 bridgehead atoms. The zero-order valence-corrected chi connectivity index (χ0v) is 16.9. The fourth-order valence-electron chi connectivity index (χ4n) is 3.87. The van der Waals surface area contributed by atoms with Crippen LogP contribution in [0.25, 0.3) is 22.4 Å². The summed E-state index contributed by atoms with van der Waals surface area (Å²) in [5, 5.41) is 10.5. The molecule has 3 aromatic heterocycles. The number of rotatable bonds is 4.